The molecule has 0 aromatic carbocycles. The SMILES string of the molecule is CNC1CCC(c2csc(C(C)(C)C)n2)CC1. The lowest BCUT2D eigenvalue weighted by Crippen LogP contribution is -2.29. The van der Waals surface area contributed by atoms with E-state index in [0.29, 0.717) is 5.92 Å². The normalized spacial score (nSPS) is 26.1. The molecule has 3 heteroatoms. The highest BCUT2D eigenvalue weighted by Gasteiger charge is 2.25. The summed E-state index contributed by atoms with van der Waals surface area (Å²) in [5.41, 5.74) is 1.54. The summed E-state index contributed by atoms with van der Waals surface area (Å²) in [6.07, 6.45) is 5.17. The third kappa shape index (κ3) is 3.08. The van der Waals surface area contributed by atoms with Gasteiger partial charge in [0.25, 0.3) is 0 Å². The van der Waals surface area contributed by atoms with E-state index in [0.717, 1.165) is 6.04 Å². The van der Waals surface area contributed by atoms with Crippen molar-refractivity contribution >= 4 is 11.3 Å². The highest BCUT2D eigenvalue weighted by atomic mass is 32.1. The van der Waals surface area contributed by atoms with Gasteiger partial charge >= 0.3 is 0 Å². The molecule has 0 spiro atoms. The van der Waals surface area contributed by atoms with Gasteiger partial charge in [-0.25, -0.2) is 4.98 Å². The average Bonchev–Trinajstić information content (AvgIpc) is 2.78. The summed E-state index contributed by atoms with van der Waals surface area (Å²) >= 11 is 1.83. The highest BCUT2D eigenvalue weighted by molar-refractivity contribution is 7.09. The lowest BCUT2D eigenvalue weighted by atomic mass is 9.84. The minimum absolute atomic E-state index is 0.199. The van der Waals surface area contributed by atoms with Gasteiger partial charge < -0.3 is 5.32 Å². The van der Waals surface area contributed by atoms with Gasteiger partial charge in [-0.1, -0.05) is 20.8 Å². The molecule has 1 aromatic rings. The average molecular weight is 252 g/mol. The summed E-state index contributed by atoms with van der Waals surface area (Å²) in [6, 6.07) is 0.729. The van der Waals surface area contributed by atoms with Crippen molar-refractivity contribution in [3.63, 3.8) is 0 Å². The Morgan fingerprint density at radius 1 is 1.24 bits per heavy atom. The summed E-state index contributed by atoms with van der Waals surface area (Å²) in [4.78, 5) is 4.85. The molecule has 0 unspecified atom stereocenters. The second kappa shape index (κ2) is 5.07. The Morgan fingerprint density at radius 2 is 1.88 bits per heavy atom. The maximum atomic E-state index is 4.85. The van der Waals surface area contributed by atoms with Crippen molar-refractivity contribution in [1.82, 2.24) is 10.3 Å². The van der Waals surface area contributed by atoms with E-state index in [9.17, 15) is 0 Å². The maximum absolute atomic E-state index is 4.85. The molecule has 0 atom stereocenters. The van der Waals surface area contributed by atoms with E-state index in [2.05, 4.69) is 38.5 Å². The van der Waals surface area contributed by atoms with Crippen LogP contribution in [-0.4, -0.2) is 18.1 Å². The topological polar surface area (TPSA) is 24.9 Å². The smallest absolute Gasteiger partial charge is 0.0981 e. The second-order valence-electron chi connectivity index (χ2n) is 6.16. The fourth-order valence-corrected chi connectivity index (χ4v) is 3.49. The molecular formula is C14H24N2S. The van der Waals surface area contributed by atoms with E-state index in [4.69, 9.17) is 4.98 Å². The van der Waals surface area contributed by atoms with Crippen LogP contribution in [0.3, 0.4) is 0 Å². The zero-order valence-electron chi connectivity index (χ0n) is 11.4. The minimum Gasteiger partial charge on any atom is -0.317 e. The molecule has 0 amide bonds. The fourth-order valence-electron chi connectivity index (χ4n) is 2.50. The number of nitrogens with zero attached hydrogens (tertiary/aromatic N) is 1. The van der Waals surface area contributed by atoms with Crippen LogP contribution in [-0.2, 0) is 5.41 Å². The van der Waals surface area contributed by atoms with Crippen LogP contribution < -0.4 is 5.32 Å². The molecule has 0 saturated heterocycles. The Bertz CT molecular complexity index is 357. The summed E-state index contributed by atoms with van der Waals surface area (Å²) in [7, 11) is 2.07. The van der Waals surface area contributed by atoms with Gasteiger partial charge in [0.15, 0.2) is 0 Å². The Labute approximate surface area is 109 Å². The quantitative estimate of drug-likeness (QED) is 0.868. The zero-order chi connectivity index (χ0) is 12.5. The molecule has 17 heavy (non-hydrogen) atoms. The number of aromatic nitrogens is 1. The Morgan fingerprint density at radius 3 is 2.35 bits per heavy atom. The first-order valence-corrected chi connectivity index (χ1v) is 7.52. The first kappa shape index (κ1) is 13.0. The van der Waals surface area contributed by atoms with Crippen molar-refractivity contribution in [2.24, 2.45) is 0 Å². The molecule has 0 radical (unpaired) electrons. The number of hydrogen-bond donors (Lipinski definition) is 1. The van der Waals surface area contributed by atoms with Crippen LogP contribution in [0.5, 0.6) is 0 Å². The molecule has 1 heterocycles. The van der Waals surface area contributed by atoms with Crippen molar-refractivity contribution < 1.29 is 0 Å². The van der Waals surface area contributed by atoms with Crippen LogP contribution in [0.4, 0.5) is 0 Å². The van der Waals surface area contributed by atoms with E-state index in [1.54, 1.807) is 0 Å². The van der Waals surface area contributed by atoms with Crippen molar-refractivity contribution in [1.29, 1.82) is 0 Å². The summed E-state index contributed by atoms with van der Waals surface area (Å²) in [5, 5.41) is 6.95. The molecule has 0 bridgehead atoms. The largest absolute Gasteiger partial charge is 0.317 e. The molecule has 1 aliphatic carbocycles. The molecule has 1 aliphatic rings. The predicted octanol–water partition coefficient (Wildman–Crippen LogP) is 3.69. The van der Waals surface area contributed by atoms with Crippen LogP contribution in [0.1, 0.15) is 63.1 Å². The molecule has 1 fully saturated rings. The van der Waals surface area contributed by atoms with Gasteiger partial charge in [0, 0.05) is 22.8 Å². The molecule has 1 aromatic heterocycles. The third-order valence-electron chi connectivity index (χ3n) is 3.72. The van der Waals surface area contributed by atoms with Crippen LogP contribution in [0.15, 0.2) is 5.38 Å². The molecule has 2 rings (SSSR count). The number of hydrogen-bond acceptors (Lipinski definition) is 3. The van der Waals surface area contributed by atoms with Gasteiger partial charge in [-0.3, -0.25) is 0 Å². The van der Waals surface area contributed by atoms with Gasteiger partial charge in [-0.15, -0.1) is 11.3 Å². The Balaban J connectivity index is 2.02. The minimum atomic E-state index is 0.199. The fraction of sp³-hybridized carbons (Fsp3) is 0.786. The summed E-state index contributed by atoms with van der Waals surface area (Å²) < 4.78 is 0. The summed E-state index contributed by atoms with van der Waals surface area (Å²) in [6.45, 7) is 6.73. The molecule has 96 valence electrons. The van der Waals surface area contributed by atoms with Gasteiger partial charge in [0.05, 0.1) is 10.7 Å². The molecule has 0 aliphatic heterocycles. The first-order chi connectivity index (χ1) is 8.00. The van der Waals surface area contributed by atoms with Gasteiger partial charge in [0.1, 0.15) is 0 Å². The van der Waals surface area contributed by atoms with E-state index >= 15 is 0 Å². The number of rotatable bonds is 2. The third-order valence-corrected chi connectivity index (χ3v) is 5.00. The Kier molecular flexibility index (Phi) is 3.88. The predicted molar refractivity (Wildman–Crippen MR) is 74.9 cm³/mol. The van der Waals surface area contributed by atoms with Gasteiger partial charge in [-0.2, -0.15) is 0 Å². The van der Waals surface area contributed by atoms with Gasteiger partial charge in [-0.05, 0) is 32.7 Å². The monoisotopic (exact) mass is 252 g/mol. The molecule has 2 nitrogen and oxygen atoms in total. The van der Waals surface area contributed by atoms with Crippen molar-refractivity contribution in [3.05, 3.63) is 16.1 Å². The molecular weight excluding hydrogens is 228 g/mol. The van der Waals surface area contributed by atoms with E-state index in [1.807, 2.05) is 11.3 Å². The molecule has 1 saturated carbocycles. The van der Waals surface area contributed by atoms with E-state index in [-0.39, 0.29) is 5.41 Å². The number of thiazole rings is 1. The Hall–Kier alpha value is -0.410. The standard InChI is InChI=1S/C14H24N2S/c1-14(2,3)13-16-12(9-17-13)10-5-7-11(15-4)8-6-10/h9-11,15H,5-8H2,1-4H3. The van der Waals surface area contributed by atoms with Crippen molar-refractivity contribution in [3.8, 4) is 0 Å². The van der Waals surface area contributed by atoms with Crippen LogP contribution in [0.25, 0.3) is 0 Å². The van der Waals surface area contributed by atoms with E-state index in [1.165, 1.54) is 36.4 Å². The second-order valence-corrected chi connectivity index (χ2v) is 7.02. The number of nitrogens with one attached hydrogen (secondary N) is 1. The van der Waals surface area contributed by atoms with Crippen LogP contribution in [0, 0.1) is 0 Å². The lowest BCUT2D eigenvalue weighted by molar-refractivity contribution is 0.355. The lowest BCUT2D eigenvalue weighted by Gasteiger charge is -2.27. The highest BCUT2D eigenvalue weighted by Crippen LogP contribution is 2.35. The zero-order valence-corrected chi connectivity index (χ0v) is 12.2. The van der Waals surface area contributed by atoms with Crippen LogP contribution >= 0.6 is 11.3 Å². The van der Waals surface area contributed by atoms with Crippen molar-refractivity contribution in [2.75, 3.05) is 7.05 Å². The van der Waals surface area contributed by atoms with Crippen LogP contribution in [0.2, 0.25) is 0 Å². The first-order valence-electron chi connectivity index (χ1n) is 6.64. The van der Waals surface area contributed by atoms with Crippen molar-refractivity contribution in [2.45, 2.75) is 63.8 Å². The van der Waals surface area contributed by atoms with E-state index < -0.39 is 0 Å². The molecule has 1 N–H and O–H groups in total. The maximum Gasteiger partial charge on any atom is 0.0981 e. The van der Waals surface area contributed by atoms with Gasteiger partial charge in [0.2, 0.25) is 0 Å². The summed E-state index contributed by atoms with van der Waals surface area (Å²) in [5.74, 6) is 0.701.